The Hall–Kier alpha value is -3.99. The van der Waals surface area contributed by atoms with E-state index in [1.54, 1.807) is 0 Å². The number of esters is 2. The second-order valence-electron chi connectivity index (χ2n) is 8.46. The number of carbonyl (C=O) groups is 3. The van der Waals surface area contributed by atoms with E-state index in [0.717, 1.165) is 11.8 Å². The summed E-state index contributed by atoms with van der Waals surface area (Å²) in [6, 6.07) is 9.94. The van der Waals surface area contributed by atoms with Crippen LogP contribution in [0.25, 0.3) is 0 Å². The van der Waals surface area contributed by atoms with Gasteiger partial charge < -0.3 is 19.9 Å². The predicted molar refractivity (Wildman–Crippen MR) is 142 cm³/mol. The summed E-state index contributed by atoms with van der Waals surface area (Å²) in [6.07, 6.45) is -0.749. The Morgan fingerprint density at radius 1 is 1.00 bits per heavy atom. The molecule has 40 heavy (non-hydrogen) atoms. The van der Waals surface area contributed by atoms with Crippen molar-refractivity contribution in [2.24, 2.45) is 5.73 Å². The molecule has 0 aromatic heterocycles. The number of non-ortho nitro benzene ring substituents is 2. The third-order valence-corrected chi connectivity index (χ3v) is 8.58. The highest BCUT2D eigenvalue weighted by molar-refractivity contribution is 8.22. The molecule has 0 aliphatic carbocycles. The minimum atomic E-state index is -1.07. The Morgan fingerprint density at radius 3 is 2.02 bits per heavy atom. The number of fused-ring (bicyclic) bond motifs is 1. The molecule has 1 saturated heterocycles. The quantitative estimate of drug-likeness (QED) is 0.164. The molecular weight excluding hydrogens is 568 g/mol. The van der Waals surface area contributed by atoms with Crippen LogP contribution in [0.1, 0.15) is 11.1 Å². The molecule has 14 nitrogen and oxygen atoms in total. The van der Waals surface area contributed by atoms with Gasteiger partial charge in [-0.15, -0.1) is 11.8 Å². The number of ether oxygens (including phenoxy) is 3. The van der Waals surface area contributed by atoms with E-state index >= 15 is 0 Å². The van der Waals surface area contributed by atoms with E-state index in [2.05, 4.69) is 0 Å². The van der Waals surface area contributed by atoms with Crippen LogP contribution >= 0.6 is 23.5 Å². The summed E-state index contributed by atoms with van der Waals surface area (Å²) in [5, 5.41) is 21.1. The lowest BCUT2D eigenvalue weighted by Gasteiger charge is -2.41. The molecular formula is C24H22N4O10S2. The normalized spacial score (nSPS) is 18.6. The SMILES string of the molecule is CO[C@H]1C(=O)N2C(C(=O)OCc3ccc([N+](=O)[O-])cc3)=C(SCC(N)C(=O)OCc3ccc([N+](=O)[O-])cc3)S[C@H]12. The summed E-state index contributed by atoms with van der Waals surface area (Å²) in [7, 11) is 1.38. The molecule has 0 bridgehead atoms. The zero-order chi connectivity index (χ0) is 29.0. The first-order chi connectivity index (χ1) is 19.1. The third kappa shape index (κ3) is 6.25. The molecule has 210 valence electrons. The van der Waals surface area contributed by atoms with E-state index in [9.17, 15) is 34.6 Å². The van der Waals surface area contributed by atoms with Gasteiger partial charge in [0.2, 0.25) is 0 Å². The van der Waals surface area contributed by atoms with Gasteiger partial charge in [0, 0.05) is 37.1 Å². The number of nitro benzene ring substituents is 2. The fourth-order valence-electron chi connectivity index (χ4n) is 3.69. The molecule has 2 aromatic rings. The number of thioether (sulfide) groups is 2. The van der Waals surface area contributed by atoms with Gasteiger partial charge in [-0.25, -0.2) is 4.79 Å². The zero-order valence-corrected chi connectivity index (χ0v) is 22.4. The van der Waals surface area contributed by atoms with E-state index in [4.69, 9.17) is 19.9 Å². The van der Waals surface area contributed by atoms with Crippen molar-refractivity contribution in [3.63, 3.8) is 0 Å². The maximum absolute atomic E-state index is 13.0. The van der Waals surface area contributed by atoms with Crippen molar-refractivity contribution in [2.45, 2.75) is 30.7 Å². The van der Waals surface area contributed by atoms with Crippen LogP contribution in [-0.2, 0) is 41.8 Å². The molecule has 3 atom stereocenters. The summed E-state index contributed by atoms with van der Waals surface area (Å²) in [4.78, 5) is 59.8. The van der Waals surface area contributed by atoms with E-state index in [1.165, 1.54) is 72.3 Å². The molecule has 0 saturated carbocycles. The molecule has 16 heteroatoms. The fourth-order valence-corrected chi connectivity index (χ4v) is 6.43. The highest BCUT2D eigenvalue weighted by Crippen LogP contribution is 2.51. The summed E-state index contributed by atoms with van der Waals surface area (Å²) < 4.78 is 16.2. The standard InChI is InChI=1S/C24H22N4O10S2/c1-36-19-20(29)26-18(23(31)38-11-14-4-8-16(9-5-14)28(34)35)24(40-21(19)26)39-12-17(25)22(30)37-10-13-2-6-15(7-3-13)27(32)33/h2-9,17,19,21H,10-12,25H2,1H3/t17?,19-,21+/m0/s1. The van der Waals surface area contributed by atoms with Crippen LogP contribution in [0.2, 0.25) is 0 Å². The number of β-lactam (4-membered cyclic amide) rings is 1. The minimum Gasteiger partial charge on any atom is -0.460 e. The van der Waals surface area contributed by atoms with E-state index < -0.39 is 45.2 Å². The van der Waals surface area contributed by atoms with Gasteiger partial charge in [-0.3, -0.25) is 34.7 Å². The number of rotatable bonds is 12. The monoisotopic (exact) mass is 590 g/mol. The number of hydrogen-bond donors (Lipinski definition) is 1. The molecule has 1 amide bonds. The lowest BCUT2D eigenvalue weighted by atomic mass is 10.1. The predicted octanol–water partition coefficient (Wildman–Crippen LogP) is 2.45. The largest absolute Gasteiger partial charge is 0.460 e. The topological polar surface area (TPSA) is 194 Å². The van der Waals surface area contributed by atoms with Gasteiger partial charge in [0.25, 0.3) is 17.3 Å². The number of nitrogens with zero attached hydrogens (tertiary/aromatic N) is 3. The van der Waals surface area contributed by atoms with Gasteiger partial charge in [0.15, 0.2) is 11.8 Å². The number of nitrogens with two attached hydrogens (primary N) is 1. The van der Waals surface area contributed by atoms with Crippen LogP contribution in [0, 0.1) is 20.2 Å². The van der Waals surface area contributed by atoms with Gasteiger partial charge in [0.05, 0.1) is 14.1 Å². The first kappa shape index (κ1) is 29.0. The van der Waals surface area contributed by atoms with Crippen LogP contribution in [0.15, 0.2) is 58.5 Å². The average Bonchev–Trinajstić information content (AvgIpc) is 3.28. The lowest BCUT2D eigenvalue weighted by Crippen LogP contribution is -2.61. The number of benzene rings is 2. The van der Waals surface area contributed by atoms with Gasteiger partial charge in [0.1, 0.15) is 24.6 Å². The summed E-state index contributed by atoms with van der Waals surface area (Å²) >= 11 is 2.30. The van der Waals surface area contributed by atoms with Crippen molar-refractivity contribution in [1.29, 1.82) is 0 Å². The fraction of sp³-hybridized carbons (Fsp3) is 0.292. The number of hydrogen-bond acceptors (Lipinski definition) is 13. The third-order valence-electron chi connectivity index (χ3n) is 5.85. The van der Waals surface area contributed by atoms with E-state index in [-0.39, 0.29) is 36.0 Å². The van der Waals surface area contributed by atoms with Crippen molar-refractivity contribution >= 4 is 52.7 Å². The van der Waals surface area contributed by atoms with Crippen LogP contribution in [0.5, 0.6) is 0 Å². The van der Waals surface area contributed by atoms with Gasteiger partial charge >= 0.3 is 11.9 Å². The first-order valence-corrected chi connectivity index (χ1v) is 13.4. The highest BCUT2D eigenvalue weighted by Gasteiger charge is 2.57. The van der Waals surface area contributed by atoms with Gasteiger partial charge in [-0.05, 0) is 35.4 Å². The number of methoxy groups -OCH3 is 1. The van der Waals surface area contributed by atoms with Crippen molar-refractivity contribution in [1.82, 2.24) is 4.90 Å². The maximum atomic E-state index is 13.0. The Kier molecular flexibility index (Phi) is 9.03. The van der Waals surface area contributed by atoms with Crippen LogP contribution in [0.3, 0.4) is 0 Å². The molecule has 1 fully saturated rings. The lowest BCUT2D eigenvalue weighted by molar-refractivity contribution is -0.385. The Bertz CT molecular complexity index is 1370. The molecule has 2 aromatic carbocycles. The van der Waals surface area contributed by atoms with Crippen molar-refractivity contribution in [3.05, 3.63) is 89.8 Å². The molecule has 2 aliphatic heterocycles. The van der Waals surface area contributed by atoms with Crippen LogP contribution in [0.4, 0.5) is 11.4 Å². The zero-order valence-electron chi connectivity index (χ0n) is 20.8. The van der Waals surface area contributed by atoms with Gasteiger partial charge in [-0.2, -0.15) is 0 Å². The van der Waals surface area contributed by atoms with Crippen molar-refractivity contribution < 1.29 is 38.4 Å². The summed E-state index contributed by atoms with van der Waals surface area (Å²) in [6.45, 7) is -0.315. The maximum Gasteiger partial charge on any atom is 0.357 e. The molecule has 0 spiro atoms. The average molecular weight is 591 g/mol. The second kappa shape index (κ2) is 12.5. The molecule has 2 heterocycles. The van der Waals surface area contributed by atoms with E-state index in [0.29, 0.717) is 15.4 Å². The Labute approximate surface area is 235 Å². The first-order valence-electron chi connectivity index (χ1n) is 11.6. The minimum absolute atomic E-state index is 0.00617. The smallest absolute Gasteiger partial charge is 0.357 e. The number of carbonyl (C=O) groups excluding carboxylic acids is 3. The number of amides is 1. The van der Waals surface area contributed by atoms with Crippen molar-refractivity contribution in [2.75, 3.05) is 12.9 Å². The van der Waals surface area contributed by atoms with E-state index in [1.807, 2.05) is 0 Å². The van der Waals surface area contributed by atoms with Crippen LogP contribution in [-0.4, -0.2) is 63.0 Å². The Morgan fingerprint density at radius 2 is 1.52 bits per heavy atom. The summed E-state index contributed by atoms with van der Waals surface area (Å²) in [5.74, 6) is -1.89. The molecule has 4 rings (SSSR count). The molecule has 0 radical (unpaired) electrons. The molecule has 1 unspecified atom stereocenters. The second-order valence-corrected chi connectivity index (χ2v) is 10.9. The highest BCUT2D eigenvalue weighted by atomic mass is 32.2. The van der Waals surface area contributed by atoms with Gasteiger partial charge in [-0.1, -0.05) is 11.8 Å². The summed E-state index contributed by atoms with van der Waals surface area (Å²) in [5.41, 5.74) is 6.86. The molecule has 2 aliphatic rings. The molecule has 2 N–H and O–H groups in total. The van der Waals surface area contributed by atoms with Crippen LogP contribution < -0.4 is 5.73 Å². The Balaban J connectivity index is 1.37. The number of nitro groups is 2. The van der Waals surface area contributed by atoms with Crippen molar-refractivity contribution in [3.8, 4) is 0 Å².